The van der Waals surface area contributed by atoms with Gasteiger partial charge in [-0.1, -0.05) is 37.1 Å². The van der Waals surface area contributed by atoms with Crippen LogP contribution in [-0.4, -0.2) is 29.3 Å². The summed E-state index contributed by atoms with van der Waals surface area (Å²) >= 11 is 0. The van der Waals surface area contributed by atoms with Crippen LogP contribution in [0.5, 0.6) is 0 Å². The molecule has 4 nitrogen and oxygen atoms in total. The van der Waals surface area contributed by atoms with Gasteiger partial charge in [0.2, 0.25) is 11.8 Å². The van der Waals surface area contributed by atoms with Crippen LogP contribution < -0.4 is 5.32 Å². The maximum absolute atomic E-state index is 13.0. The molecule has 1 aliphatic heterocycles. The number of nitrogens with one attached hydrogen (secondary N) is 1. The molecule has 2 fully saturated rings. The first-order chi connectivity index (χ1) is 11.2. The van der Waals surface area contributed by atoms with Gasteiger partial charge in [-0.15, -0.1) is 0 Å². The molecule has 0 aromatic heterocycles. The minimum absolute atomic E-state index is 0.0201. The highest BCUT2D eigenvalue weighted by Crippen LogP contribution is 2.48. The fourth-order valence-corrected chi connectivity index (χ4v) is 4.03. The van der Waals surface area contributed by atoms with Gasteiger partial charge in [-0.3, -0.25) is 9.59 Å². The van der Waals surface area contributed by atoms with Crippen LogP contribution in [0.25, 0.3) is 0 Å². The van der Waals surface area contributed by atoms with Crippen molar-refractivity contribution in [3.63, 3.8) is 0 Å². The van der Waals surface area contributed by atoms with Crippen LogP contribution in [0.1, 0.15) is 49.7 Å². The number of hydrogen-bond donors (Lipinski definition) is 1. The molecule has 1 N–H and O–H groups in total. The van der Waals surface area contributed by atoms with E-state index in [1.165, 1.54) is 24.0 Å². The van der Waals surface area contributed by atoms with Gasteiger partial charge in [-0.2, -0.15) is 0 Å². The lowest BCUT2D eigenvalue weighted by Gasteiger charge is -2.32. The molecule has 0 bridgehead atoms. The van der Waals surface area contributed by atoms with Crippen LogP contribution in [0.4, 0.5) is 0 Å². The van der Waals surface area contributed by atoms with Crippen molar-refractivity contribution < 1.29 is 9.59 Å². The molecule has 2 amide bonds. The van der Waals surface area contributed by atoms with E-state index in [9.17, 15) is 9.59 Å². The highest BCUT2D eigenvalue weighted by atomic mass is 16.2. The monoisotopic (exact) mass is 312 g/mol. The zero-order chi connectivity index (χ0) is 15.9. The lowest BCUT2D eigenvalue weighted by atomic mass is 9.96. The number of carbonyl (C=O) groups is 2. The molecule has 0 saturated heterocycles. The fraction of sp³-hybridized carbons (Fsp3) is 0.579. The Hall–Kier alpha value is -1.84. The number of nitrogens with zero attached hydrogens (tertiary/aromatic N) is 1. The predicted octanol–water partition coefficient (Wildman–Crippen LogP) is 2.41. The third-order valence-electron chi connectivity index (χ3n) is 5.70. The van der Waals surface area contributed by atoms with Gasteiger partial charge in [0.15, 0.2) is 0 Å². The second-order valence-corrected chi connectivity index (χ2v) is 7.28. The zero-order valence-electron chi connectivity index (χ0n) is 13.5. The first-order valence-corrected chi connectivity index (χ1v) is 8.86. The smallest absolute Gasteiger partial charge is 0.238 e. The Morgan fingerprint density at radius 2 is 1.78 bits per heavy atom. The average Bonchev–Trinajstić information content (AvgIpc) is 3.25. The predicted molar refractivity (Wildman–Crippen MR) is 87.6 cm³/mol. The highest BCUT2D eigenvalue weighted by molar-refractivity contribution is 6.08. The van der Waals surface area contributed by atoms with Gasteiger partial charge in [0.05, 0.1) is 0 Å². The third-order valence-corrected chi connectivity index (χ3v) is 5.70. The van der Waals surface area contributed by atoms with Crippen LogP contribution in [-0.2, 0) is 22.6 Å². The molecule has 4 heteroatoms. The highest BCUT2D eigenvalue weighted by Gasteiger charge is 2.58. The van der Waals surface area contributed by atoms with Gasteiger partial charge in [-0.05, 0) is 43.2 Å². The minimum Gasteiger partial charge on any atom is -0.352 e. The van der Waals surface area contributed by atoms with E-state index in [0.717, 1.165) is 25.8 Å². The van der Waals surface area contributed by atoms with Crippen molar-refractivity contribution in [2.24, 2.45) is 5.41 Å². The summed E-state index contributed by atoms with van der Waals surface area (Å²) in [7, 11) is 0. The summed E-state index contributed by atoms with van der Waals surface area (Å²) < 4.78 is 0. The van der Waals surface area contributed by atoms with E-state index < -0.39 is 5.41 Å². The molecule has 1 heterocycles. The second kappa shape index (κ2) is 5.66. The van der Waals surface area contributed by atoms with E-state index in [-0.39, 0.29) is 17.9 Å². The van der Waals surface area contributed by atoms with Gasteiger partial charge in [0.25, 0.3) is 0 Å². The summed E-state index contributed by atoms with van der Waals surface area (Å²) in [6.07, 6.45) is 6.82. The number of rotatable bonds is 3. The molecule has 0 radical (unpaired) electrons. The van der Waals surface area contributed by atoms with Crippen molar-refractivity contribution in [1.82, 2.24) is 10.2 Å². The van der Waals surface area contributed by atoms with E-state index >= 15 is 0 Å². The van der Waals surface area contributed by atoms with Crippen LogP contribution in [0, 0.1) is 5.41 Å². The maximum atomic E-state index is 13.0. The number of hydrogen-bond acceptors (Lipinski definition) is 2. The lowest BCUT2D eigenvalue weighted by molar-refractivity contribution is -0.145. The van der Waals surface area contributed by atoms with E-state index in [1.54, 1.807) is 0 Å². The fourth-order valence-electron chi connectivity index (χ4n) is 4.03. The number of benzene rings is 1. The molecule has 4 rings (SSSR count). The van der Waals surface area contributed by atoms with Crippen molar-refractivity contribution in [2.75, 3.05) is 6.54 Å². The van der Waals surface area contributed by atoms with E-state index in [4.69, 9.17) is 0 Å². The van der Waals surface area contributed by atoms with Gasteiger partial charge >= 0.3 is 0 Å². The van der Waals surface area contributed by atoms with Crippen molar-refractivity contribution in [3.05, 3.63) is 35.4 Å². The van der Waals surface area contributed by atoms with Crippen molar-refractivity contribution >= 4 is 11.8 Å². The van der Waals surface area contributed by atoms with Crippen LogP contribution in [0.15, 0.2) is 24.3 Å². The molecule has 1 aromatic carbocycles. The van der Waals surface area contributed by atoms with Gasteiger partial charge < -0.3 is 10.2 Å². The molecule has 1 aromatic rings. The van der Waals surface area contributed by atoms with E-state index in [1.807, 2.05) is 17.0 Å². The van der Waals surface area contributed by atoms with Crippen molar-refractivity contribution in [3.8, 4) is 0 Å². The van der Waals surface area contributed by atoms with E-state index in [0.29, 0.717) is 19.4 Å². The van der Waals surface area contributed by atoms with Crippen LogP contribution in [0.3, 0.4) is 0 Å². The normalized spacial score (nSPS) is 22.5. The third kappa shape index (κ3) is 2.64. The number of carbonyl (C=O) groups excluding carboxylic acids is 2. The largest absolute Gasteiger partial charge is 0.352 e. The Balaban J connectivity index is 1.45. The second-order valence-electron chi connectivity index (χ2n) is 7.28. The Bertz CT molecular complexity index is 630. The number of amides is 2. The Kier molecular flexibility index (Phi) is 3.63. The molecular weight excluding hydrogens is 288 g/mol. The maximum Gasteiger partial charge on any atom is 0.238 e. The zero-order valence-corrected chi connectivity index (χ0v) is 13.5. The molecule has 2 aliphatic carbocycles. The summed E-state index contributed by atoms with van der Waals surface area (Å²) in [6, 6.07) is 8.58. The van der Waals surface area contributed by atoms with Crippen molar-refractivity contribution in [1.29, 1.82) is 0 Å². The average molecular weight is 312 g/mol. The van der Waals surface area contributed by atoms with Gasteiger partial charge in [-0.25, -0.2) is 0 Å². The molecular formula is C19H24N2O2. The molecule has 0 unspecified atom stereocenters. The molecule has 0 atom stereocenters. The molecule has 23 heavy (non-hydrogen) atoms. The summed E-state index contributed by atoms with van der Waals surface area (Å²) in [5.41, 5.74) is 1.80. The van der Waals surface area contributed by atoms with Gasteiger partial charge in [0.1, 0.15) is 5.41 Å². The quantitative estimate of drug-likeness (QED) is 0.871. The Labute approximate surface area is 137 Å². The lowest BCUT2D eigenvalue weighted by Crippen LogP contribution is -2.48. The first kappa shape index (κ1) is 14.7. The molecule has 0 spiro atoms. The summed E-state index contributed by atoms with van der Waals surface area (Å²) in [4.78, 5) is 27.5. The molecule has 122 valence electrons. The standard InChI is InChI=1S/C19H24N2O2/c22-17(20-16-7-3-4-8-16)19(10-11-19)18(23)21-12-9-14-5-1-2-6-15(14)13-21/h1-2,5-6,16H,3-4,7-13H2,(H,20,22). The Morgan fingerprint density at radius 1 is 1.09 bits per heavy atom. The minimum atomic E-state index is -0.755. The van der Waals surface area contributed by atoms with Crippen LogP contribution >= 0.6 is 0 Å². The van der Waals surface area contributed by atoms with E-state index in [2.05, 4.69) is 17.4 Å². The van der Waals surface area contributed by atoms with Crippen molar-refractivity contribution in [2.45, 2.75) is 57.5 Å². The molecule has 2 saturated carbocycles. The van der Waals surface area contributed by atoms with Crippen LogP contribution in [0.2, 0.25) is 0 Å². The first-order valence-electron chi connectivity index (χ1n) is 8.86. The summed E-state index contributed by atoms with van der Waals surface area (Å²) in [6.45, 7) is 1.38. The number of fused-ring (bicyclic) bond motifs is 1. The topological polar surface area (TPSA) is 49.4 Å². The summed E-state index contributed by atoms with van der Waals surface area (Å²) in [5.74, 6) is 0.0239. The summed E-state index contributed by atoms with van der Waals surface area (Å²) in [5, 5.41) is 3.13. The molecule has 3 aliphatic rings. The Morgan fingerprint density at radius 3 is 2.48 bits per heavy atom. The van der Waals surface area contributed by atoms with Gasteiger partial charge in [0, 0.05) is 19.1 Å². The SMILES string of the molecule is O=C(NC1CCCC1)C1(C(=O)N2CCc3ccccc3C2)CC1.